The van der Waals surface area contributed by atoms with Crippen molar-refractivity contribution in [2.75, 3.05) is 6.26 Å². The molecule has 0 saturated heterocycles. The summed E-state index contributed by atoms with van der Waals surface area (Å²) in [7, 11) is 0. The molecule has 98 valence electrons. The summed E-state index contributed by atoms with van der Waals surface area (Å²) >= 11 is 1.66. The molecule has 0 bridgehead atoms. The van der Waals surface area contributed by atoms with Gasteiger partial charge in [0, 0.05) is 23.8 Å². The van der Waals surface area contributed by atoms with Crippen LogP contribution in [0.3, 0.4) is 0 Å². The number of aromatic nitrogens is 1. The molecule has 1 aromatic heterocycles. The number of pyridine rings is 1. The molecular weight excluding hydrogens is 256 g/mol. The van der Waals surface area contributed by atoms with Crippen molar-refractivity contribution < 1.29 is 4.79 Å². The van der Waals surface area contributed by atoms with Gasteiger partial charge in [0.05, 0.1) is 6.42 Å². The Morgan fingerprint density at radius 3 is 2.68 bits per heavy atom. The monoisotopic (exact) mass is 272 g/mol. The van der Waals surface area contributed by atoms with E-state index in [1.807, 2.05) is 42.7 Å². The van der Waals surface area contributed by atoms with Crippen molar-refractivity contribution in [2.45, 2.75) is 17.9 Å². The Morgan fingerprint density at radius 1 is 1.21 bits per heavy atom. The number of thioether (sulfide) groups is 1. The predicted octanol–water partition coefficient (Wildman–Crippen LogP) is 2.66. The van der Waals surface area contributed by atoms with E-state index in [4.69, 9.17) is 0 Å². The fourth-order valence-electron chi connectivity index (χ4n) is 1.79. The maximum Gasteiger partial charge on any atom is 0.224 e. The fraction of sp³-hybridized carbons (Fsp3) is 0.200. The van der Waals surface area contributed by atoms with Crippen molar-refractivity contribution in [3.05, 3.63) is 59.9 Å². The average molecular weight is 272 g/mol. The minimum absolute atomic E-state index is 0.0401. The van der Waals surface area contributed by atoms with Crippen LogP contribution in [0.15, 0.2) is 53.7 Å². The lowest BCUT2D eigenvalue weighted by atomic mass is 10.1. The number of rotatable bonds is 5. The molecule has 1 heterocycles. The minimum atomic E-state index is 0.0401. The van der Waals surface area contributed by atoms with Crippen molar-refractivity contribution in [3.63, 3.8) is 0 Å². The highest BCUT2D eigenvalue weighted by Gasteiger charge is 2.06. The molecule has 0 aliphatic rings. The first-order chi connectivity index (χ1) is 9.29. The molecule has 2 aromatic rings. The lowest BCUT2D eigenvalue weighted by molar-refractivity contribution is -0.120. The molecule has 1 N–H and O–H groups in total. The van der Waals surface area contributed by atoms with Crippen molar-refractivity contribution in [1.82, 2.24) is 10.3 Å². The molecule has 4 heteroatoms. The van der Waals surface area contributed by atoms with Gasteiger partial charge in [-0.2, -0.15) is 0 Å². The molecule has 0 radical (unpaired) electrons. The van der Waals surface area contributed by atoms with Crippen LogP contribution in [0.25, 0.3) is 0 Å². The van der Waals surface area contributed by atoms with Crippen LogP contribution in [-0.2, 0) is 17.8 Å². The second-order valence-electron chi connectivity index (χ2n) is 4.12. The standard InChI is InChI=1S/C15H16N2OS/c1-19-14-5-3-2-4-13(14)10-15(18)17-11-12-6-8-16-9-7-12/h2-9H,10-11H2,1H3,(H,17,18). The lowest BCUT2D eigenvalue weighted by Crippen LogP contribution is -2.24. The highest BCUT2D eigenvalue weighted by molar-refractivity contribution is 7.98. The van der Waals surface area contributed by atoms with Crippen molar-refractivity contribution >= 4 is 17.7 Å². The first-order valence-electron chi connectivity index (χ1n) is 6.07. The van der Waals surface area contributed by atoms with Crippen molar-refractivity contribution in [2.24, 2.45) is 0 Å². The molecule has 0 fully saturated rings. The van der Waals surface area contributed by atoms with E-state index >= 15 is 0 Å². The molecule has 19 heavy (non-hydrogen) atoms. The Bertz CT molecular complexity index is 543. The summed E-state index contributed by atoms with van der Waals surface area (Å²) in [4.78, 5) is 17.0. The molecule has 0 unspecified atom stereocenters. The topological polar surface area (TPSA) is 42.0 Å². The lowest BCUT2D eigenvalue weighted by Gasteiger charge is -2.08. The Balaban J connectivity index is 1.91. The molecule has 0 spiro atoms. The van der Waals surface area contributed by atoms with E-state index < -0.39 is 0 Å². The maximum atomic E-state index is 11.9. The van der Waals surface area contributed by atoms with E-state index in [9.17, 15) is 4.79 Å². The fourth-order valence-corrected chi connectivity index (χ4v) is 2.40. The second kappa shape index (κ2) is 6.95. The van der Waals surface area contributed by atoms with E-state index in [0.29, 0.717) is 13.0 Å². The predicted molar refractivity (Wildman–Crippen MR) is 78.0 cm³/mol. The first-order valence-corrected chi connectivity index (χ1v) is 7.29. The third-order valence-corrected chi connectivity index (χ3v) is 3.62. The van der Waals surface area contributed by atoms with Gasteiger partial charge in [-0.15, -0.1) is 11.8 Å². The molecule has 0 aliphatic heterocycles. The number of hydrogen-bond acceptors (Lipinski definition) is 3. The van der Waals surface area contributed by atoms with Crippen LogP contribution in [0.2, 0.25) is 0 Å². The number of carbonyl (C=O) groups is 1. The van der Waals surface area contributed by atoms with Gasteiger partial charge < -0.3 is 5.32 Å². The molecule has 3 nitrogen and oxygen atoms in total. The number of hydrogen-bond donors (Lipinski definition) is 1. The zero-order valence-corrected chi connectivity index (χ0v) is 11.6. The molecule has 0 aliphatic carbocycles. The minimum Gasteiger partial charge on any atom is -0.352 e. The smallest absolute Gasteiger partial charge is 0.224 e. The number of nitrogens with zero attached hydrogens (tertiary/aromatic N) is 1. The normalized spacial score (nSPS) is 10.2. The number of nitrogens with one attached hydrogen (secondary N) is 1. The summed E-state index contributed by atoms with van der Waals surface area (Å²) in [5.41, 5.74) is 2.13. The molecular formula is C15H16N2OS. The number of amides is 1. The van der Waals surface area contributed by atoms with E-state index in [-0.39, 0.29) is 5.91 Å². The Labute approximate surface area is 117 Å². The zero-order chi connectivity index (χ0) is 13.5. The van der Waals surface area contributed by atoms with Crippen molar-refractivity contribution in [1.29, 1.82) is 0 Å². The van der Waals surface area contributed by atoms with Crippen LogP contribution >= 0.6 is 11.8 Å². The highest BCUT2D eigenvalue weighted by Crippen LogP contribution is 2.20. The molecule has 1 aromatic carbocycles. The van der Waals surface area contributed by atoms with E-state index in [2.05, 4.69) is 10.3 Å². The third-order valence-electron chi connectivity index (χ3n) is 2.78. The SMILES string of the molecule is CSc1ccccc1CC(=O)NCc1ccncc1. The first kappa shape index (κ1) is 13.6. The van der Waals surface area contributed by atoms with Crippen LogP contribution in [-0.4, -0.2) is 17.1 Å². The van der Waals surface area contributed by atoms with Crippen LogP contribution in [0.1, 0.15) is 11.1 Å². The van der Waals surface area contributed by atoms with Crippen molar-refractivity contribution in [3.8, 4) is 0 Å². The van der Waals surface area contributed by atoms with Gasteiger partial charge in [-0.1, -0.05) is 18.2 Å². The van der Waals surface area contributed by atoms with E-state index in [1.54, 1.807) is 24.2 Å². The summed E-state index contributed by atoms with van der Waals surface area (Å²) in [6, 6.07) is 11.8. The van der Waals surface area contributed by atoms with Gasteiger partial charge >= 0.3 is 0 Å². The average Bonchev–Trinajstić information content (AvgIpc) is 2.47. The Morgan fingerprint density at radius 2 is 1.95 bits per heavy atom. The van der Waals surface area contributed by atoms with Gasteiger partial charge in [0.25, 0.3) is 0 Å². The summed E-state index contributed by atoms with van der Waals surface area (Å²) in [6.07, 6.45) is 5.89. The molecule has 2 rings (SSSR count). The van der Waals surface area contributed by atoms with E-state index in [0.717, 1.165) is 16.0 Å². The Hall–Kier alpha value is -1.81. The highest BCUT2D eigenvalue weighted by atomic mass is 32.2. The number of benzene rings is 1. The van der Waals surface area contributed by atoms with Crippen LogP contribution in [0, 0.1) is 0 Å². The third kappa shape index (κ3) is 4.10. The summed E-state index contributed by atoms with van der Waals surface area (Å²) in [5.74, 6) is 0.0401. The molecule has 0 saturated carbocycles. The van der Waals surface area contributed by atoms with Gasteiger partial charge in [0.1, 0.15) is 0 Å². The van der Waals surface area contributed by atoms with Gasteiger partial charge in [0.15, 0.2) is 0 Å². The van der Waals surface area contributed by atoms with Crippen LogP contribution < -0.4 is 5.32 Å². The Kier molecular flexibility index (Phi) is 4.98. The largest absolute Gasteiger partial charge is 0.352 e. The van der Waals surface area contributed by atoms with Gasteiger partial charge in [-0.05, 0) is 35.6 Å². The second-order valence-corrected chi connectivity index (χ2v) is 4.97. The summed E-state index contributed by atoms with van der Waals surface area (Å²) in [5, 5.41) is 2.92. The molecule has 1 amide bonds. The van der Waals surface area contributed by atoms with Crippen LogP contribution in [0.5, 0.6) is 0 Å². The van der Waals surface area contributed by atoms with Gasteiger partial charge in [-0.25, -0.2) is 0 Å². The summed E-state index contributed by atoms with van der Waals surface area (Å²) in [6.45, 7) is 0.544. The number of carbonyl (C=O) groups excluding carboxylic acids is 1. The van der Waals surface area contributed by atoms with Gasteiger partial charge in [0.2, 0.25) is 5.91 Å². The van der Waals surface area contributed by atoms with Crippen LogP contribution in [0.4, 0.5) is 0 Å². The molecule has 0 atom stereocenters. The maximum absolute atomic E-state index is 11.9. The van der Waals surface area contributed by atoms with E-state index in [1.165, 1.54) is 0 Å². The summed E-state index contributed by atoms with van der Waals surface area (Å²) < 4.78 is 0. The zero-order valence-electron chi connectivity index (χ0n) is 10.8. The van der Waals surface area contributed by atoms with Gasteiger partial charge in [-0.3, -0.25) is 9.78 Å². The quantitative estimate of drug-likeness (QED) is 0.851.